The van der Waals surface area contributed by atoms with Gasteiger partial charge in [0.25, 0.3) is 0 Å². The third-order valence-electron chi connectivity index (χ3n) is 3.37. The minimum atomic E-state index is -0.821. The molecule has 19 heavy (non-hydrogen) atoms. The van der Waals surface area contributed by atoms with Gasteiger partial charge in [-0.2, -0.15) is 0 Å². The number of nitrogens with one attached hydrogen (secondary N) is 1. The summed E-state index contributed by atoms with van der Waals surface area (Å²) in [5, 5.41) is 12.4. The molecule has 0 amide bonds. The molecular formula is C14H31N3O2. The van der Waals surface area contributed by atoms with Crippen molar-refractivity contribution in [3.63, 3.8) is 0 Å². The summed E-state index contributed by atoms with van der Waals surface area (Å²) in [4.78, 5) is 15.9. The molecule has 0 aromatic carbocycles. The lowest BCUT2D eigenvalue weighted by Crippen LogP contribution is -2.51. The van der Waals surface area contributed by atoms with E-state index in [1.807, 2.05) is 6.92 Å². The summed E-state index contributed by atoms with van der Waals surface area (Å²) in [6.45, 7) is 10.4. The predicted octanol–water partition coefficient (Wildman–Crippen LogP) is 1.10. The first-order valence-electron chi connectivity index (χ1n) is 7.21. The van der Waals surface area contributed by atoms with Crippen LogP contribution in [0.4, 0.5) is 0 Å². The third-order valence-corrected chi connectivity index (χ3v) is 3.37. The molecule has 0 bridgehead atoms. The Labute approximate surface area is 118 Å². The molecule has 2 N–H and O–H groups in total. The number of aliphatic carboxylic acids is 1. The van der Waals surface area contributed by atoms with E-state index in [1.54, 1.807) is 6.92 Å². The van der Waals surface area contributed by atoms with Crippen LogP contribution in [0.15, 0.2) is 0 Å². The fourth-order valence-corrected chi connectivity index (χ4v) is 2.04. The summed E-state index contributed by atoms with van der Waals surface area (Å²) in [6.07, 6.45) is 1.72. The molecule has 5 nitrogen and oxygen atoms in total. The molecule has 1 unspecified atom stereocenters. The Morgan fingerprint density at radius 1 is 1.16 bits per heavy atom. The Hall–Kier alpha value is -0.650. The smallest absolute Gasteiger partial charge is 0.323 e. The molecule has 0 saturated carbocycles. The van der Waals surface area contributed by atoms with Gasteiger partial charge in [-0.05, 0) is 47.0 Å². The number of nitrogens with zero attached hydrogens (tertiary/aromatic N) is 2. The molecule has 114 valence electrons. The molecule has 1 atom stereocenters. The molecule has 0 heterocycles. The van der Waals surface area contributed by atoms with Crippen molar-refractivity contribution in [1.82, 2.24) is 15.1 Å². The summed E-state index contributed by atoms with van der Waals surface area (Å²) in [5.41, 5.74) is -0.821. The van der Waals surface area contributed by atoms with Crippen molar-refractivity contribution in [2.45, 2.75) is 39.2 Å². The Kier molecular flexibility index (Phi) is 8.97. The van der Waals surface area contributed by atoms with Gasteiger partial charge in [0.15, 0.2) is 0 Å². The second kappa shape index (κ2) is 9.28. The van der Waals surface area contributed by atoms with E-state index in [9.17, 15) is 9.90 Å². The number of carbonyl (C=O) groups is 1. The molecule has 0 aliphatic heterocycles. The van der Waals surface area contributed by atoms with Crippen LogP contribution < -0.4 is 5.32 Å². The number of hydrogen-bond acceptors (Lipinski definition) is 4. The van der Waals surface area contributed by atoms with E-state index < -0.39 is 11.5 Å². The summed E-state index contributed by atoms with van der Waals surface area (Å²) >= 11 is 0. The highest BCUT2D eigenvalue weighted by atomic mass is 16.4. The first kappa shape index (κ1) is 18.4. The van der Waals surface area contributed by atoms with Gasteiger partial charge in [0.2, 0.25) is 0 Å². The van der Waals surface area contributed by atoms with E-state index in [4.69, 9.17) is 0 Å². The van der Waals surface area contributed by atoms with Gasteiger partial charge in [-0.25, -0.2) is 0 Å². The van der Waals surface area contributed by atoms with Crippen LogP contribution in [0.2, 0.25) is 0 Å². The first-order chi connectivity index (χ1) is 8.85. The van der Waals surface area contributed by atoms with E-state index in [1.165, 1.54) is 0 Å². The lowest BCUT2D eigenvalue weighted by atomic mass is 9.97. The summed E-state index contributed by atoms with van der Waals surface area (Å²) in [6, 6.07) is 0. The summed E-state index contributed by atoms with van der Waals surface area (Å²) in [5.74, 6) is -0.765. The van der Waals surface area contributed by atoms with Crippen molar-refractivity contribution >= 4 is 5.97 Å². The van der Waals surface area contributed by atoms with E-state index in [0.717, 1.165) is 32.6 Å². The van der Waals surface area contributed by atoms with Crippen LogP contribution in [-0.2, 0) is 4.79 Å². The minimum Gasteiger partial charge on any atom is -0.480 e. The quantitative estimate of drug-likeness (QED) is 0.590. The molecule has 0 saturated heterocycles. The zero-order valence-electron chi connectivity index (χ0n) is 13.2. The molecule has 0 aromatic rings. The van der Waals surface area contributed by atoms with Crippen molar-refractivity contribution in [3.8, 4) is 0 Å². The van der Waals surface area contributed by atoms with Gasteiger partial charge in [0.1, 0.15) is 5.54 Å². The van der Waals surface area contributed by atoms with Gasteiger partial charge in [0.05, 0.1) is 0 Å². The van der Waals surface area contributed by atoms with Crippen molar-refractivity contribution in [3.05, 3.63) is 0 Å². The lowest BCUT2D eigenvalue weighted by molar-refractivity contribution is -0.144. The van der Waals surface area contributed by atoms with Gasteiger partial charge in [-0.3, -0.25) is 4.79 Å². The maximum Gasteiger partial charge on any atom is 0.323 e. The van der Waals surface area contributed by atoms with Crippen molar-refractivity contribution < 1.29 is 9.90 Å². The molecule has 0 rings (SSSR count). The maximum atomic E-state index is 11.4. The van der Waals surface area contributed by atoms with Crippen molar-refractivity contribution in [2.75, 3.05) is 46.8 Å². The van der Waals surface area contributed by atoms with Gasteiger partial charge in [-0.1, -0.05) is 13.8 Å². The molecule has 0 aliphatic rings. The topological polar surface area (TPSA) is 55.8 Å². The van der Waals surface area contributed by atoms with Crippen LogP contribution in [0.3, 0.4) is 0 Å². The van der Waals surface area contributed by atoms with E-state index in [-0.39, 0.29) is 0 Å². The van der Waals surface area contributed by atoms with Gasteiger partial charge in [-0.15, -0.1) is 0 Å². The molecule has 5 heteroatoms. The van der Waals surface area contributed by atoms with E-state index in [2.05, 4.69) is 36.1 Å². The highest BCUT2D eigenvalue weighted by molar-refractivity contribution is 5.78. The van der Waals surface area contributed by atoms with Crippen LogP contribution in [0.1, 0.15) is 33.6 Å². The maximum absolute atomic E-state index is 11.4. The van der Waals surface area contributed by atoms with Crippen LogP contribution in [0.5, 0.6) is 0 Å². The number of carboxylic acid groups (broad SMARTS) is 1. The predicted molar refractivity (Wildman–Crippen MR) is 79.6 cm³/mol. The highest BCUT2D eigenvalue weighted by Gasteiger charge is 2.31. The lowest BCUT2D eigenvalue weighted by Gasteiger charge is -2.30. The second-order valence-electron chi connectivity index (χ2n) is 5.56. The average molecular weight is 273 g/mol. The number of carboxylic acids is 1. The third kappa shape index (κ3) is 7.50. The fraction of sp³-hybridized carbons (Fsp3) is 0.929. The van der Waals surface area contributed by atoms with Gasteiger partial charge in [0, 0.05) is 19.6 Å². The molecule has 0 aliphatic carbocycles. The fourth-order valence-electron chi connectivity index (χ4n) is 2.04. The second-order valence-corrected chi connectivity index (χ2v) is 5.56. The van der Waals surface area contributed by atoms with Crippen LogP contribution in [0, 0.1) is 0 Å². The normalized spacial score (nSPS) is 14.9. The van der Waals surface area contributed by atoms with Crippen molar-refractivity contribution in [2.24, 2.45) is 0 Å². The zero-order chi connectivity index (χ0) is 14.9. The number of likely N-dealkylation sites (N-methyl/N-ethyl adjacent to an activating group) is 2. The zero-order valence-corrected chi connectivity index (χ0v) is 13.2. The highest BCUT2D eigenvalue weighted by Crippen LogP contribution is 2.11. The standard InChI is InChI=1S/C14H31N3O2/c1-6-9-17(12-11-16(4)5)10-8-14(3,13(18)19)15-7-2/h15H,6-12H2,1-5H3,(H,18,19). The summed E-state index contributed by atoms with van der Waals surface area (Å²) < 4.78 is 0. The van der Waals surface area contributed by atoms with Gasteiger partial charge < -0.3 is 20.2 Å². The Bertz CT molecular complexity index is 259. The molecule has 0 aromatic heterocycles. The monoisotopic (exact) mass is 273 g/mol. The molecule has 0 fully saturated rings. The van der Waals surface area contributed by atoms with E-state index in [0.29, 0.717) is 13.0 Å². The Morgan fingerprint density at radius 2 is 1.79 bits per heavy atom. The largest absolute Gasteiger partial charge is 0.480 e. The molecular weight excluding hydrogens is 242 g/mol. The van der Waals surface area contributed by atoms with Crippen LogP contribution >= 0.6 is 0 Å². The Balaban J connectivity index is 4.37. The summed E-state index contributed by atoms with van der Waals surface area (Å²) in [7, 11) is 4.12. The number of rotatable bonds is 11. The van der Waals surface area contributed by atoms with E-state index >= 15 is 0 Å². The van der Waals surface area contributed by atoms with Crippen LogP contribution in [0.25, 0.3) is 0 Å². The van der Waals surface area contributed by atoms with Crippen molar-refractivity contribution in [1.29, 1.82) is 0 Å². The average Bonchev–Trinajstić information content (AvgIpc) is 2.32. The first-order valence-corrected chi connectivity index (χ1v) is 7.21. The Morgan fingerprint density at radius 3 is 2.21 bits per heavy atom. The SMILES string of the molecule is CCCN(CCN(C)C)CCC(C)(NCC)C(=O)O. The van der Waals surface area contributed by atoms with Gasteiger partial charge >= 0.3 is 5.97 Å². The molecule has 0 spiro atoms. The number of hydrogen-bond donors (Lipinski definition) is 2. The van der Waals surface area contributed by atoms with Crippen LogP contribution in [-0.4, -0.2) is 73.2 Å². The molecule has 0 radical (unpaired) electrons. The minimum absolute atomic E-state index is 0.629.